The molecule has 1 aromatic carbocycles. The number of benzene rings is 1. The predicted molar refractivity (Wildman–Crippen MR) is 90.2 cm³/mol. The molecular formula is C18H22N2O3. The summed E-state index contributed by atoms with van der Waals surface area (Å²) in [5, 5.41) is 5.65. The normalized spacial score (nSPS) is 19.7. The van der Waals surface area contributed by atoms with E-state index in [2.05, 4.69) is 17.2 Å². The van der Waals surface area contributed by atoms with Gasteiger partial charge in [-0.25, -0.2) is 0 Å². The Bertz CT molecular complexity index is 610. The van der Waals surface area contributed by atoms with Gasteiger partial charge in [0, 0.05) is 6.54 Å². The molecule has 23 heavy (non-hydrogen) atoms. The van der Waals surface area contributed by atoms with Gasteiger partial charge in [0.1, 0.15) is 5.75 Å². The molecule has 5 nitrogen and oxygen atoms in total. The Hall–Kier alpha value is -2.56. The van der Waals surface area contributed by atoms with Gasteiger partial charge in [-0.05, 0) is 25.0 Å². The molecule has 5 heteroatoms. The maximum atomic E-state index is 12.6. The van der Waals surface area contributed by atoms with Crippen LogP contribution in [0.3, 0.4) is 0 Å². The van der Waals surface area contributed by atoms with Crippen LogP contribution in [-0.2, 0) is 9.59 Å². The standard InChI is InChI=1S/C18H22N2O3/c1-3-12-19-17(21)13-8-4-5-9-14(13)18(22)20-15-10-6-7-11-16(15)23-2/h3-7,10-11,13-14H,1,8-9,12H2,2H3,(H,19,21)(H,20,22). The van der Waals surface area contributed by atoms with Crippen molar-refractivity contribution < 1.29 is 14.3 Å². The summed E-state index contributed by atoms with van der Waals surface area (Å²) in [7, 11) is 1.56. The summed E-state index contributed by atoms with van der Waals surface area (Å²) in [6.07, 6.45) is 6.63. The van der Waals surface area contributed by atoms with E-state index in [0.717, 1.165) is 0 Å². The first-order valence-corrected chi connectivity index (χ1v) is 7.65. The highest BCUT2D eigenvalue weighted by Gasteiger charge is 2.34. The number of carbonyl (C=O) groups is 2. The zero-order valence-electron chi connectivity index (χ0n) is 13.2. The fourth-order valence-corrected chi connectivity index (χ4v) is 2.67. The van der Waals surface area contributed by atoms with Crippen LogP contribution in [0.1, 0.15) is 12.8 Å². The second-order valence-corrected chi connectivity index (χ2v) is 5.38. The summed E-state index contributed by atoms with van der Waals surface area (Å²) in [5.74, 6) is -0.448. The third-order valence-corrected chi connectivity index (χ3v) is 3.89. The van der Waals surface area contributed by atoms with E-state index >= 15 is 0 Å². The first-order valence-electron chi connectivity index (χ1n) is 7.65. The van der Waals surface area contributed by atoms with Gasteiger partial charge in [0.25, 0.3) is 0 Å². The van der Waals surface area contributed by atoms with Crippen molar-refractivity contribution in [2.24, 2.45) is 11.8 Å². The average Bonchev–Trinajstić information content (AvgIpc) is 2.60. The maximum Gasteiger partial charge on any atom is 0.228 e. The van der Waals surface area contributed by atoms with Crippen molar-refractivity contribution in [3.8, 4) is 5.75 Å². The lowest BCUT2D eigenvalue weighted by Crippen LogP contribution is -2.40. The van der Waals surface area contributed by atoms with E-state index < -0.39 is 5.92 Å². The third kappa shape index (κ3) is 4.22. The lowest BCUT2D eigenvalue weighted by molar-refractivity contribution is -0.132. The van der Waals surface area contributed by atoms with Gasteiger partial charge in [-0.15, -0.1) is 6.58 Å². The van der Waals surface area contributed by atoms with Crippen LogP contribution in [0.5, 0.6) is 5.75 Å². The lowest BCUT2D eigenvalue weighted by Gasteiger charge is -2.26. The molecule has 0 aliphatic heterocycles. The Kier molecular flexibility index (Phi) is 5.97. The van der Waals surface area contributed by atoms with Crippen LogP contribution in [0, 0.1) is 11.8 Å². The Balaban J connectivity index is 2.10. The Morgan fingerprint density at radius 3 is 2.52 bits per heavy atom. The molecule has 1 aliphatic carbocycles. The molecule has 2 N–H and O–H groups in total. The van der Waals surface area contributed by atoms with Gasteiger partial charge in [0.05, 0.1) is 24.6 Å². The first kappa shape index (κ1) is 16.8. The van der Waals surface area contributed by atoms with Crippen LogP contribution < -0.4 is 15.4 Å². The highest BCUT2D eigenvalue weighted by molar-refractivity contribution is 5.97. The minimum atomic E-state index is -0.394. The number of nitrogens with one attached hydrogen (secondary N) is 2. The summed E-state index contributed by atoms with van der Waals surface area (Å²) in [6, 6.07) is 7.23. The maximum absolute atomic E-state index is 12.6. The van der Waals surface area contributed by atoms with Gasteiger partial charge in [-0.3, -0.25) is 9.59 Å². The molecule has 0 fully saturated rings. The number of hydrogen-bond donors (Lipinski definition) is 2. The Morgan fingerprint density at radius 1 is 1.22 bits per heavy atom. The van der Waals surface area contributed by atoms with Gasteiger partial charge in [-0.1, -0.05) is 30.4 Å². The lowest BCUT2D eigenvalue weighted by atomic mass is 9.81. The molecule has 2 unspecified atom stereocenters. The minimum Gasteiger partial charge on any atom is -0.495 e. The number of rotatable bonds is 6. The number of methoxy groups -OCH3 is 1. The third-order valence-electron chi connectivity index (χ3n) is 3.89. The van der Waals surface area contributed by atoms with E-state index in [1.165, 1.54) is 0 Å². The molecule has 1 aliphatic rings. The molecule has 2 rings (SSSR count). The van der Waals surface area contributed by atoms with Gasteiger partial charge in [0.2, 0.25) is 11.8 Å². The molecule has 0 radical (unpaired) electrons. The van der Waals surface area contributed by atoms with Crippen LogP contribution in [0.25, 0.3) is 0 Å². The smallest absolute Gasteiger partial charge is 0.228 e. The van der Waals surface area contributed by atoms with E-state index in [9.17, 15) is 9.59 Å². The van der Waals surface area contributed by atoms with E-state index in [-0.39, 0.29) is 17.7 Å². The molecule has 0 saturated heterocycles. The SMILES string of the molecule is C=CCNC(=O)C1CC=CCC1C(=O)Nc1ccccc1OC. The summed E-state index contributed by atoms with van der Waals surface area (Å²) in [6.45, 7) is 3.99. The van der Waals surface area contributed by atoms with Crippen molar-refractivity contribution in [3.63, 3.8) is 0 Å². The highest BCUT2D eigenvalue weighted by atomic mass is 16.5. The molecule has 0 aromatic heterocycles. The number of amides is 2. The summed E-state index contributed by atoms with van der Waals surface area (Å²) in [5.41, 5.74) is 0.611. The fraction of sp³-hybridized carbons (Fsp3) is 0.333. The zero-order chi connectivity index (χ0) is 16.7. The van der Waals surface area contributed by atoms with Crippen molar-refractivity contribution in [3.05, 3.63) is 49.1 Å². The number of ether oxygens (including phenoxy) is 1. The number of para-hydroxylation sites is 2. The van der Waals surface area contributed by atoms with Gasteiger partial charge in [-0.2, -0.15) is 0 Å². The van der Waals surface area contributed by atoms with Crippen LogP contribution in [0.4, 0.5) is 5.69 Å². The monoisotopic (exact) mass is 314 g/mol. The summed E-state index contributed by atoms with van der Waals surface area (Å²) in [4.78, 5) is 24.9. The molecule has 122 valence electrons. The van der Waals surface area contributed by atoms with E-state index in [1.807, 2.05) is 24.3 Å². The average molecular weight is 314 g/mol. The predicted octanol–water partition coefficient (Wildman–Crippen LogP) is 2.52. The number of carbonyl (C=O) groups excluding carboxylic acids is 2. The molecule has 2 amide bonds. The van der Waals surface area contributed by atoms with E-state index in [4.69, 9.17) is 4.74 Å². The molecule has 1 aromatic rings. The largest absolute Gasteiger partial charge is 0.495 e. The molecule has 0 saturated carbocycles. The van der Waals surface area contributed by atoms with Crippen molar-refractivity contribution in [2.75, 3.05) is 19.0 Å². The molecular weight excluding hydrogens is 292 g/mol. The van der Waals surface area contributed by atoms with Crippen LogP contribution >= 0.6 is 0 Å². The number of allylic oxidation sites excluding steroid dienone is 2. The van der Waals surface area contributed by atoms with Crippen molar-refractivity contribution in [1.29, 1.82) is 0 Å². The molecule has 0 heterocycles. The fourth-order valence-electron chi connectivity index (χ4n) is 2.67. The van der Waals surface area contributed by atoms with Crippen molar-refractivity contribution in [1.82, 2.24) is 5.32 Å². The van der Waals surface area contributed by atoms with Gasteiger partial charge < -0.3 is 15.4 Å². The molecule has 0 bridgehead atoms. The number of anilines is 1. The van der Waals surface area contributed by atoms with Crippen LogP contribution in [-0.4, -0.2) is 25.5 Å². The Labute approximate surface area is 136 Å². The van der Waals surface area contributed by atoms with Gasteiger partial charge >= 0.3 is 0 Å². The van der Waals surface area contributed by atoms with Crippen LogP contribution in [0.15, 0.2) is 49.1 Å². The van der Waals surface area contributed by atoms with Crippen molar-refractivity contribution >= 4 is 17.5 Å². The second kappa shape index (κ2) is 8.17. The van der Waals surface area contributed by atoms with E-state index in [1.54, 1.807) is 25.3 Å². The topological polar surface area (TPSA) is 67.4 Å². The van der Waals surface area contributed by atoms with Gasteiger partial charge in [0.15, 0.2) is 0 Å². The highest BCUT2D eigenvalue weighted by Crippen LogP contribution is 2.29. The van der Waals surface area contributed by atoms with E-state index in [0.29, 0.717) is 30.8 Å². The quantitative estimate of drug-likeness (QED) is 0.793. The summed E-state index contributed by atoms with van der Waals surface area (Å²) >= 11 is 0. The zero-order valence-corrected chi connectivity index (χ0v) is 13.2. The van der Waals surface area contributed by atoms with Crippen molar-refractivity contribution in [2.45, 2.75) is 12.8 Å². The molecule has 0 spiro atoms. The molecule has 2 atom stereocenters. The first-order chi connectivity index (χ1) is 11.2. The minimum absolute atomic E-state index is 0.116. The second-order valence-electron chi connectivity index (χ2n) is 5.38. The summed E-state index contributed by atoms with van der Waals surface area (Å²) < 4.78 is 5.24. The van der Waals surface area contributed by atoms with Crippen LogP contribution in [0.2, 0.25) is 0 Å². The number of hydrogen-bond acceptors (Lipinski definition) is 3. The Morgan fingerprint density at radius 2 is 1.87 bits per heavy atom.